The van der Waals surface area contributed by atoms with Gasteiger partial charge in [-0.05, 0) is 55.8 Å². The molecule has 0 fully saturated rings. The molecule has 1 amide bonds. The number of amides is 1. The van der Waals surface area contributed by atoms with Crippen molar-refractivity contribution in [3.63, 3.8) is 0 Å². The van der Waals surface area contributed by atoms with Crippen molar-refractivity contribution in [2.24, 2.45) is 0 Å². The second kappa shape index (κ2) is 7.09. The van der Waals surface area contributed by atoms with Gasteiger partial charge in [0.05, 0.1) is 10.7 Å². The van der Waals surface area contributed by atoms with Crippen LogP contribution < -0.4 is 10.1 Å². The Hall–Kier alpha value is -2.33. The van der Waals surface area contributed by atoms with Gasteiger partial charge in [0.2, 0.25) is 0 Å². The Morgan fingerprint density at radius 3 is 2.41 bits per heavy atom. The molecule has 1 N–H and O–H groups in total. The van der Waals surface area contributed by atoms with Crippen LogP contribution in [0.4, 0.5) is 5.69 Å². The highest BCUT2D eigenvalue weighted by Crippen LogP contribution is 2.22. The molecule has 0 aliphatic heterocycles. The maximum atomic E-state index is 11.8. The standard InChI is InChI=1S/C17H16ClNO3/c1-11-3-8-16(15(18)9-11)19-17(21)10-22-14-6-4-13(5-7-14)12(2)20/h3-9H,10H2,1-2H3,(H,19,21). The van der Waals surface area contributed by atoms with E-state index in [0.29, 0.717) is 22.0 Å². The van der Waals surface area contributed by atoms with Crippen LogP contribution in [0.1, 0.15) is 22.8 Å². The predicted molar refractivity (Wildman–Crippen MR) is 86.8 cm³/mol. The highest BCUT2D eigenvalue weighted by molar-refractivity contribution is 6.33. The van der Waals surface area contributed by atoms with E-state index in [-0.39, 0.29) is 18.3 Å². The third kappa shape index (κ3) is 4.33. The van der Waals surface area contributed by atoms with Crippen molar-refractivity contribution in [3.8, 4) is 5.75 Å². The fraction of sp³-hybridized carbons (Fsp3) is 0.176. The maximum Gasteiger partial charge on any atom is 0.262 e. The van der Waals surface area contributed by atoms with Crippen LogP contribution in [0, 0.1) is 6.92 Å². The van der Waals surface area contributed by atoms with Crippen molar-refractivity contribution < 1.29 is 14.3 Å². The number of Topliss-reactive ketones (excluding diaryl/α,β-unsaturated/α-hetero) is 1. The first-order chi connectivity index (χ1) is 10.5. The van der Waals surface area contributed by atoms with E-state index in [9.17, 15) is 9.59 Å². The lowest BCUT2D eigenvalue weighted by molar-refractivity contribution is -0.118. The molecule has 0 aromatic heterocycles. The Labute approximate surface area is 134 Å². The van der Waals surface area contributed by atoms with Gasteiger partial charge in [-0.3, -0.25) is 9.59 Å². The Morgan fingerprint density at radius 1 is 1.14 bits per heavy atom. The van der Waals surface area contributed by atoms with Gasteiger partial charge < -0.3 is 10.1 Å². The van der Waals surface area contributed by atoms with Gasteiger partial charge >= 0.3 is 0 Å². The summed E-state index contributed by atoms with van der Waals surface area (Å²) in [7, 11) is 0. The van der Waals surface area contributed by atoms with Crippen LogP contribution in [0.2, 0.25) is 5.02 Å². The Morgan fingerprint density at radius 2 is 1.82 bits per heavy atom. The van der Waals surface area contributed by atoms with Gasteiger partial charge in [0.25, 0.3) is 5.91 Å². The number of benzene rings is 2. The number of aryl methyl sites for hydroxylation is 1. The molecule has 0 bridgehead atoms. The number of carbonyl (C=O) groups excluding carboxylic acids is 2. The summed E-state index contributed by atoms with van der Waals surface area (Å²) >= 11 is 6.05. The van der Waals surface area contributed by atoms with E-state index < -0.39 is 0 Å². The first-order valence-corrected chi connectivity index (χ1v) is 7.13. The van der Waals surface area contributed by atoms with Crippen LogP contribution in [-0.2, 0) is 4.79 Å². The average molecular weight is 318 g/mol. The number of ketones is 1. The molecule has 2 aromatic carbocycles. The second-order valence-electron chi connectivity index (χ2n) is 4.90. The van der Waals surface area contributed by atoms with Crippen molar-refractivity contribution in [2.75, 3.05) is 11.9 Å². The number of carbonyl (C=O) groups is 2. The van der Waals surface area contributed by atoms with E-state index in [1.807, 2.05) is 13.0 Å². The van der Waals surface area contributed by atoms with Gasteiger partial charge in [-0.2, -0.15) is 0 Å². The lowest BCUT2D eigenvalue weighted by Crippen LogP contribution is -2.20. The molecule has 4 nitrogen and oxygen atoms in total. The van der Waals surface area contributed by atoms with E-state index in [2.05, 4.69) is 5.32 Å². The first-order valence-electron chi connectivity index (χ1n) is 6.75. The predicted octanol–water partition coefficient (Wildman–Crippen LogP) is 3.87. The molecule has 0 saturated heterocycles. The summed E-state index contributed by atoms with van der Waals surface area (Å²) in [5.74, 6) is 0.204. The summed E-state index contributed by atoms with van der Waals surface area (Å²) in [6.45, 7) is 3.28. The molecule has 0 atom stereocenters. The number of rotatable bonds is 5. The molecule has 2 rings (SSSR count). The number of halogens is 1. The quantitative estimate of drug-likeness (QED) is 0.852. The van der Waals surface area contributed by atoms with Gasteiger partial charge in [-0.15, -0.1) is 0 Å². The molecule has 0 aliphatic carbocycles. The number of anilines is 1. The maximum absolute atomic E-state index is 11.8. The molecule has 5 heteroatoms. The number of hydrogen-bond donors (Lipinski definition) is 1. The van der Waals surface area contributed by atoms with Crippen molar-refractivity contribution in [2.45, 2.75) is 13.8 Å². The molecule has 22 heavy (non-hydrogen) atoms. The summed E-state index contributed by atoms with van der Waals surface area (Å²) in [4.78, 5) is 23.0. The molecule has 2 aromatic rings. The minimum absolute atomic E-state index is 0.0155. The molecular weight excluding hydrogens is 302 g/mol. The Bertz CT molecular complexity index is 696. The van der Waals surface area contributed by atoms with Crippen LogP contribution >= 0.6 is 11.6 Å². The minimum Gasteiger partial charge on any atom is -0.484 e. The monoisotopic (exact) mass is 317 g/mol. The molecular formula is C17H16ClNO3. The van der Waals surface area contributed by atoms with Crippen LogP contribution in [0.25, 0.3) is 0 Å². The van der Waals surface area contributed by atoms with Gasteiger partial charge in [0.1, 0.15) is 5.75 Å². The van der Waals surface area contributed by atoms with Crippen molar-refractivity contribution >= 4 is 29.0 Å². The van der Waals surface area contributed by atoms with Crippen molar-refractivity contribution in [1.29, 1.82) is 0 Å². The number of hydrogen-bond acceptors (Lipinski definition) is 3. The zero-order valence-corrected chi connectivity index (χ0v) is 13.1. The molecule has 0 spiro atoms. The van der Waals surface area contributed by atoms with Gasteiger partial charge in [-0.25, -0.2) is 0 Å². The van der Waals surface area contributed by atoms with E-state index in [0.717, 1.165) is 5.56 Å². The lowest BCUT2D eigenvalue weighted by Gasteiger charge is -2.09. The van der Waals surface area contributed by atoms with E-state index in [1.54, 1.807) is 36.4 Å². The highest BCUT2D eigenvalue weighted by Gasteiger charge is 2.07. The molecule has 0 saturated carbocycles. The molecule has 0 heterocycles. The van der Waals surface area contributed by atoms with Gasteiger partial charge in [0.15, 0.2) is 12.4 Å². The van der Waals surface area contributed by atoms with Crippen LogP contribution in [0.3, 0.4) is 0 Å². The lowest BCUT2D eigenvalue weighted by atomic mass is 10.1. The largest absolute Gasteiger partial charge is 0.484 e. The first kappa shape index (κ1) is 16.0. The summed E-state index contributed by atoms with van der Waals surface area (Å²) in [5.41, 5.74) is 2.17. The van der Waals surface area contributed by atoms with Crippen molar-refractivity contribution in [3.05, 3.63) is 58.6 Å². The molecule has 114 valence electrons. The summed E-state index contributed by atoms with van der Waals surface area (Å²) < 4.78 is 5.37. The SMILES string of the molecule is CC(=O)c1ccc(OCC(=O)Nc2ccc(C)cc2Cl)cc1. The smallest absolute Gasteiger partial charge is 0.262 e. The molecule has 0 aliphatic rings. The van der Waals surface area contributed by atoms with E-state index in [1.165, 1.54) is 6.92 Å². The average Bonchev–Trinajstić information content (AvgIpc) is 2.48. The molecule has 0 radical (unpaired) electrons. The normalized spacial score (nSPS) is 10.1. The molecule has 0 unspecified atom stereocenters. The van der Waals surface area contributed by atoms with Crippen LogP contribution in [0.5, 0.6) is 5.75 Å². The summed E-state index contributed by atoms with van der Waals surface area (Å²) in [5, 5.41) is 3.17. The zero-order chi connectivity index (χ0) is 16.1. The third-order valence-corrected chi connectivity index (χ3v) is 3.34. The second-order valence-corrected chi connectivity index (χ2v) is 5.31. The number of nitrogens with one attached hydrogen (secondary N) is 1. The summed E-state index contributed by atoms with van der Waals surface area (Å²) in [6, 6.07) is 12.0. The zero-order valence-electron chi connectivity index (χ0n) is 12.4. The van der Waals surface area contributed by atoms with Crippen molar-refractivity contribution in [1.82, 2.24) is 0 Å². The highest BCUT2D eigenvalue weighted by atomic mass is 35.5. The van der Waals surface area contributed by atoms with Gasteiger partial charge in [0, 0.05) is 5.56 Å². The van der Waals surface area contributed by atoms with Crippen LogP contribution in [-0.4, -0.2) is 18.3 Å². The van der Waals surface area contributed by atoms with Crippen LogP contribution in [0.15, 0.2) is 42.5 Å². The number of ether oxygens (including phenoxy) is 1. The fourth-order valence-electron chi connectivity index (χ4n) is 1.84. The van der Waals surface area contributed by atoms with Gasteiger partial charge in [-0.1, -0.05) is 17.7 Å². The fourth-order valence-corrected chi connectivity index (χ4v) is 2.12. The Kier molecular flexibility index (Phi) is 5.17. The van der Waals surface area contributed by atoms with E-state index >= 15 is 0 Å². The summed E-state index contributed by atoms with van der Waals surface area (Å²) in [6.07, 6.45) is 0. The van der Waals surface area contributed by atoms with E-state index in [4.69, 9.17) is 16.3 Å². The minimum atomic E-state index is -0.304. The Balaban J connectivity index is 1.91. The topological polar surface area (TPSA) is 55.4 Å². The third-order valence-electron chi connectivity index (χ3n) is 3.03.